The van der Waals surface area contributed by atoms with Gasteiger partial charge < -0.3 is 10.1 Å². The van der Waals surface area contributed by atoms with Gasteiger partial charge in [-0.05, 0) is 29.7 Å². The summed E-state index contributed by atoms with van der Waals surface area (Å²) in [6.45, 7) is 2.33. The van der Waals surface area contributed by atoms with Crippen molar-refractivity contribution in [3.8, 4) is 0 Å². The first-order valence-electron chi connectivity index (χ1n) is 11.4. The average Bonchev–Trinajstić information content (AvgIpc) is 3.27. The van der Waals surface area contributed by atoms with Crippen LogP contribution in [-0.2, 0) is 4.74 Å². The number of cyclic esters (lactones) is 1. The van der Waals surface area contributed by atoms with Crippen LogP contribution in [0, 0.1) is 0 Å². The Morgan fingerprint density at radius 2 is 1.41 bits per heavy atom. The zero-order valence-corrected chi connectivity index (χ0v) is 18.9. The number of hydrogen-bond acceptors (Lipinski definition) is 5. The highest BCUT2D eigenvalue weighted by Gasteiger charge is 2.41. The van der Waals surface area contributed by atoms with Crippen LogP contribution in [-0.4, -0.2) is 28.7 Å². The first kappa shape index (κ1) is 21.6. The number of rotatable bonds is 7. The van der Waals surface area contributed by atoms with E-state index < -0.39 is 6.09 Å². The lowest BCUT2D eigenvalue weighted by molar-refractivity contribution is 0.178. The number of aromatic nitrogens is 2. The minimum atomic E-state index is -0.400. The van der Waals surface area contributed by atoms with Gasteiger partial charge in [-0.15, -0.1) is 0 Å². The van der Waals surface area contributed by atoms with Crippen molar-refractivity contribution in [3.63, 3.8) is 0 Å². The molecule has 6 heteroatoms. The molecule has 0 spiro atoms. The molecule has 5 rings (SSSR count). The third kappa shape index (κ3) is 4.48. The Balaban J connectivity index is 1.48. The highest BCUT2D eigenvalue weighted by Crippen LogP contribution is 2.36. The zero-order chi connectivity index (χ0) is 23.3. The van der Waals surface area contributed by atoms with Crippen molar-refractivity contribution in [2.45, 2.75) is 24.9 Å². The van der Waals surface area contributed by atoms with E-state index in [0.717, 1.165) is 16.7 Å². The Kier molecular flexibility index (Phi) is 6.21. The summed E-state index contributed by atoms with van der Waals surface area (Å²) in [6, 6.07) is 32.1. The standard InChI is InChI=1S/C28H26N4O2/c1-20(21-11-5-2-6-12-21)30-27-29-18-17-25(31-27)32-24(19-34-28(32)33)26(22-13-7-3-8-14-22)23-15-9-4-10-16-23/h2-18,20,24,26H,19H2,1H3,(H,29,30,31)/t20-,24-/m1/s1. The quantitative estimate of drug-likeness (QED) is 0.385. The molecule has 1 N–H and O–H groups in total. The topological polar surface area (TPSA) is 67.4 Å². The summed E-state index contributed by atoms with van der Waals surface area (Å²) < 4.78 is 5.55. The van der Waals surface area contributed by atoms with E-state index in [-0.39, 0.29) is 24.6 Å². The lowest BCUT2D eigenvalue weighted by Gasteiger charge is -2.29. The van der Waals surface area contributed by atoms with Crippen LogP contribution in [0.1, 0.15) is 35.6 Å². The maximum atomic E-state index is 12.9. The Labute approximate surface area is 199 Å². The van der Waals surface area contributed by atoms with Crippen LogP contribution in [0.15, 0.2) is 103 Å². The van der Waals surface area contributed by atoms with E-state index in [0.29, 0.717) is 11.8 Å². The number of nitrogens with zero attached hydrogens (tertiary/aromatic N) is 3. The molecular weight excluding hydrogens is 424 g/mol. The number of benzene rings is 3. The molecule has 1 aromatic heterocycles. The maximum absolute atomic E-state index is 12.9. The van der Waals surface area contributed by atoms with Crippen LogP contribution in [0.5, 0.6) is 0 Å². The van der Waals surface area contributed by atoms with Gasteiger partial charge >= 0.3 is 6.09 Å². The SMILES string of the molecule is C[C@@H](Nc1nccc(N2C(=O)OC[C@@H]2C(c2ccccc2)c2ccccc2)n1)c1ccccc1. The van der Waals surface area contributed by atoms with E-state index in [9.17, 15) is 4.79 Å². The third-order valence-corrected chi connectivity index (χ3v) is 6.14. The maximum Gasteiger partial charge on any atom is 0.415 e. The molecule has 2 atom stereocenters. The van der Waals surface area contributed by atoms with Crippen LogP contribution in [0.3, 0.4) is 0 Å². The molecular formula is C28H26N4O2. The molecule has 0 unspecified atom stereocenters. The monoisotopic (exact) mass is 450 g/mol. The smallest absolute Gasteiger partial charge is 0.415 e. The number of hydrogen-bond donors (Lipinski definition) is 1. The van der Waals surface area contributed by atoms with Crippen LogP contribution in [0.25, 0.3) is 0 Å². The van der Waals surface area contributed by atoms with Crippen molar-refractivity contribution in [2.75, 3.05) is 16.8 Å². The number of anilines is 2. The number of nitrogens with one attached hydrogen (secondary N) is 1. The highest BCUT2D eigenvalue weighted by atomic mass is 16.6. The molecule has 0 aliphatic carbocycles. The molecule has 0 saturated carbocycles. The van der Waals surface area contributed by atoms with Crippen LogP contribution < -0.4 is 10.2 Å². The molecule has 1 aliphatic rings. The number of carbonyl (C=O) groups is 1. The van der Waals surface area contributed by atoms with Crippen LogP contribution in [0.4, 0.5) is 16.6 Å². The second-order valence-corrected chi connectivity index (χ2v) is 8.33. The van der Waals surface area contributed by atoms with Gasteiger partial charge in [-0.2, -0.15) is 4.98 Å². The van der Waals surface area contributed by atoms with Crippen molar-refractivity contribution in [1.29, 1.82) is 0 Å². The molecule has 0 bridgehead atoms. The second kappa shape index (κ2) is 9.75. The number of carbonyl (C=O) groups excluding carboxylic acids is 1. The van der Waals surface area contributed by atoms with Gasteiger partial charge in [-0.1, -0.05) is 91.0 Å². The van der Waals surface area contributed by atoms with E-state index in [1.165, 1.54) is 0 Å². The van der Waals surface area contributed by atoms with E-state index in [4.69, 9.17) is 9.72 Å². The summed E-state index contributed by atoms with van der Waals surface area (Å²) >= 11 is 0. The molecule has 4 aromatic rings. The van der Waals surface area contributed by atoms with Gasteiger partial charge in [-0.25, -0.2) is 9.78 Å². The van der Waals surface area contributed by atoms with Crippen molar-refractivity contribution in [3.05, 3.63) is 120 Å². The van der Waals surface area contributed by atoms with Crippen LogP contribution >= 0.6 is 0 Å². The fraction of sp³-hybridized carbons (Fsp3) is 0.179. The summed E-state index contributed by atoms with van der Waals surface area (Å²) in [4.78, 5) is 23.7. The predicted octanol–water partition coefficient (Wildman–Crippen LogP) is 5.81. The van der Waals surface area contributed by atoms with E-state index >= 15 is 0 Å². The Morgan fingerprint density at radius 3 is 2.00 bits per heavy atom. The summed E-state index contributed by atoms with van der Waals surface area (Å²) in [5.74, 6) is 0.911. The summed E-state index contributed by atoms with van der Waals surface area (Å²) in [7, 11) is 0. The molecule has 0 radical (unpaired) electrons. The summed E-state index contributed by atoms with van der Waals surface area (Å²) in [5, 5.41) is 3.34. The molecule has 2 heterocycles. The zero-order valence-electron chi connectivity index (χ0n) is 18.9. The Hall–Kier alpha value is -4.19. The summed E-state index contributed by atoms with van der Waals surface area (Å²) in [6.07, 6.45) is 1.27. The van der Waals surface area contributed by atoms with Crippen molar-refractivity contribution in [1.82, 2.24) is 9.97 Å². The highest BCUT2D eigenvalue weighted by molar-refractivity contribution is 5.89. The van der Waals surface area contributed by atoms with Crippen LogP contribution in [0.2, 0.25) is 0 Å². The fourth-order valence-corrected chi connectivity index (χ4v) is 4.47. The molecule has 1 fully saturated rings. The van der Waals surface area contributed by atoms with E-state index in [1.807, 2.05) is 54.6 Å². The van der Waals surface area contributed by atoms with Gasteiger partial charge in [-0.3, -0.25) is 4.90 Å². The predicted molar refractivity (Wildman–Crippen MR) is 133 cm³/mol. The van der Waals surface area contributed by atoms with Crippen molar-refractivity contribution < 1.29 is 9.53 Å². The second-order valence-electron chi connectivity index (χ2n) is 8.33. The van der Waals surface area contributed by atoms with Gasteiger partial charge in [0.2, 0.25) is 5.95 Å². The fourth-order valence-electron chi connectivity index (χ4n) is 4.47. The Bertz CT molecular complexity index is 1200. The lowest BCUT2D eigenvalue weighted by Crippen LogP contribution is -2.39. The Morgan fingerprint density at radius 1 is 0.853 bits per heavy atom. The molecule has 1 saturated heterocycles. The molecule has 3 aromatic carbocycles. The third-order valence-electron chi connectivity index (χ3n) is 6.14. The van der Waals surface area contributed by atoms with Gasteiger partial charge in [0, 0.05) is 12.1 Å². The number of amides is 1. The average molecular weight is 451 g/mol. The van der Waals surface area contributed by atoms with Gasteiger partial charge in [0.1, 0.15) is 12.4 Å². The molecule has 170 valence electrons. The summed E-state index contributed by atoms with van der Waals surface area (Å²) in [5.41, 5.74) is 3.36. The molecule has 34 heavy (non-hydrogen) atoms. The molecule has 1 amide bonds. The first-order valence-corrected chi connectivity index (χ1v) is 11.4. The van der Waals surface area contributed by atoms with E-state index in [2.05, 4.69) is 53.6 Å². The molecule has 6 nitrogen and oxygen atoms in total. The lowest BCUT2D eigenvalue weighted by atomic mass is 9.85. The van der Waals surface area contributed by atoms with Crippen molar-refractivity contribution in [2.24, 2.45) is 0 Å². The van der Waals surface area contributed by atoms with Gasteiger partial charge in [0.15, 0.2) is 0 Å². The number of ether oxygens (including phenoxy) is 1. The largest absolute Gasteiger partial charge is 0.447 e. The van der Waals surface area contributed by atoms with E-state index in [1.54, 1.807) is 17.2 Å². The first-order chi connectivity index (χ1) is 16.7. The molecule has 1 aliphatic heterocycles. The van der Waals surface area contributed by atoms with Gasteiger partial charge in [0.25, 0.3) is 0 Å². The normalized spacial score (nSPS) is 16.4. The van der Waals surface area contributed by atoms with Crippen molar-refractivity contribution >= 4 is 17.9 Å². The minimum absolute atomic E-state index is 0.0131. The minimum Gasteiger partial charge on any atom is -0.447 e. The van der Waals surface area contributed by atoms with Gasteiger partial charge in [0.05, 0.1) is 12.1 Å².